The molecule has 0 unspecified atom stereocenters. The molecule has 0 aliphatic carbocycles. The maximum absolute atomic E-state index is 5.20. The molecule has 85 valence electrons. The Balaban J connectivity index is 0. The van der Waals surface area contributed by atoms with E-state index in [1.54, 1.807) is 6.26 Å². The van der Waals surface area contributed by atoms with E-state index < -0.39 is 0 Å². The summed E-state index contributed by atoms with van der Waals surface area (Å²) < 4.78 is 5.20. The standard InChI is InChI=1S/C8H12O.C5H12.B/c1-8(2,3)7-5-4-6-9-7;1-5(2,3)4;/h4-6H,1-3H3;1-4H3;. The summed E-state index contributed by atoms with van der Waals surface area (Å²) >= 11 is 0. The van der Waals surface area contributed by atoms with E-state index in [9.17, 15) is 0 Å². The van der Waals surface area contributed by atoms with Gasteiger partial charge in [0.25, 0.3) is 0 Å². The van der Waals surface area contributed by atoms with Gasteiger partial charge in [-0.05, 0) is 17.5 Å². The Kier molecular flexibility index (Phi) is 6.75. The van der Waals surface area contributed by atoms with E-state index in [4.69, 9.17) is 4.42 Å². The molecule has 1 aromatic heterocycles. The molecule has 0 aliphatic heterocycles. The van der Waals surface area contributed by atoms with E-state index in [-0.39, 0.29) is 13.8 Å². The van der Waals surface area contributed by atoms with Crippen LogP contribution < -0.4 is 0 Å². The van der Waals surface area contributed by atoms with Crippen molar-refractivity contribution in [2.45, 2.75) is 53.9 Å². The molecule has 3 radical (unpaired) electrons. The quantitative estimate of drug-likeness (QED) is 0.579. The van der Waals surface area contributed by atoms with Crippen molar-refractivity contribution >= 4 is 8.41 Å². The van der Waals surface area contributed by atoms with Gasteiger partial charge in [-0.3, -0.25) is 0 Å². The Bertz CT molecular complexity index is 230. The van der Waals surface area contributed by atoms with Gasteiger partial charge in [0.05, 0.1) is 6.26 Å². The molecule has 0 atom stereocenters. The summed E-state index contributed by atoms with van der Waals surface area (Å²) in [5.74, 6) is 1.04. The maximum Gasteiger partial charge on any atom is 0.109 e. The Morgan fingerprint density at radius 2 is 1.33 bits per heavy atom. The summed E-state index contributed by atoms with van der Waals surface area (Å²) in [5.41, 5.74) is 0.656. The molecular weight excluding hydrogens is 183 g/mol. The highest BCUT2D eigenvalue weighted by Crippen LogP contribution is 2.21. The van der Waals surface area contributed by atoms with Crippen LogP contribution in [0.2, 0.25) is 0 Å². The first-order valence-corrected chi connectivity index (χ1v) is 5.15. The van der Waals surface area contributed by atoms with Crippen molar-refractivity contribution in [3.05, 3.63) is 24.2 Å². The summed E-state index contributed by atoms with van der Waals surface area (Å²) in [6, 6.07) is 3.92. The molecule has 0 amide bonds. The van der Waals surface area contributed by atoms with E-state index >= 15 is 0 Å². The fraction of sp³-hybridized carbons (Fsp3) is 0.692. The van der Waals surface area contributed by atoms with Crippen LogP contribution in [-0.2, 0) is 5.41 Å². The van der Waals surface area contributed by atoms with Crippen molar-refractivity contribution < 1.29 is 4.42 Å². The predicted molar refractivity (Wildman–Crippen MR) is 68.3 cm³/mol. The van der Waals surface area contributed by atoms with Crippen LogP contribution in [-0.4, -0.2) is 8.41 Å². The molecular formula is C13H24BO. The van der Waals surface area contributed by atoms with Gasteiger partial charge in [0.2, 0.25) is 0 Å². The number of hydrogen-bond acceptors (Lipinski definition) is 1. The highest BCUT2D eigenvalue weighted by atomic mass is 16.3. The van der Waals surface area contributed by atoms with Gasteiger partial charge in [0.15, 0.2) is 0 Å². The lowest BCUT2D eigenvalue weighted by Crippen LogP contribution is -2.08. The Labute approximate surface area is 96.8 Å². The van der Waals surface area contributed by atoms with Crippen LogP contribution >= 0.6 is 0 Å². The normalized spacial score (nSPS) is 11.1. The van der Waals surface area contributed by atoms with Gasteiger partial charge in [-0.2, -0.15) is 0 Å². The Hall–Kier alpha value is -0.655. The lowest BCUT2D eigenvalue weighted by atomic mass is 9.94. The zero-order valence-corrected chi connectivity index (χ0v) is 11.2. The van der Waals surface area contributed by atoms with Crippen molar-refractivity contribution in [3.8, 4) is 0 Å². The first-order chi connectivity index (χ1) is 6.11. The second-order valence-electron chi connectivity index (χ2n) is 6.23. The van der Waals surface area contributed by atoms with Crippen LogP contribution in [0.5, 0.6) is 0 Å². The Morgan fingerprint density at radius 3 is 1.47 bits per heavy atom. The minimum Gasteiger partial charge on any atom is -0.469 e. The van der Waals surface area contributed by atoms with Crippen LogP contribution in [0.15, 0.2) is 22.8 Å². The molecule has 0 spiro atoms. The van der Waals surface area contributed by atoms with Gasteiger partial charge in [0, 0.05) is 13.8 Å². The average molecular weight is 207 g/mol. The van der Waals surface area contributed by atoms with E-state index in [1.165, 1.54) is 0 Å². The first-order valence-electron chi connectivity index (χ1n) is 5.15. The van der Waals surface area contributed by atoms with Gasteiger partial charge in [-0.25, -0.2) is 0 Å². The molecule has 1 nitrogen and oxygen atoms in total. The van der Waals surface area contributed by atoms with Crippen LogP contribution in [0, 0.1) is 5.41 Å². The average Bonchev–Trinajstić information content (AvgIpc) is 2.28. The monoisotopic (exact) mass is 207 g/mol. The van der Waals surface area contributed by atoms with Crippen LogP contribution in [0.4, 0.5) is 0 Å². The molecule has 0 N–H and O–H groups in total. The van der Waals surface area contributed by atoms with E-state index in [0.717, 1.165) is 5.76 Å². The summed E-state index contributed by atoms with van der Waals surface area (Å²) in [7, 11) is 0. The SMILES string of the molecule is CC(C)(C)C.CC(C)(C)c1ccco1.[B]. The van der Waals surface area contributed by atoms with Gasteiger partial charge in [-0.15, -0.1) is 0 Å². The van der Waals surface area contributed by atoms with Crippen LogP contribution in [0.3, 0.4) is 0 Å². The van der Waals surface area contributed by atoms with Crippen molar-refractivity contribution in [1.82, 2.24) is 0 Å². The molecule has 15 heavy (non-hydrogen) atoms. The van der Waals surface area contributed by atoms with Gasteiger partial charge in [0.1, 0.15) is 5.76 Å². The number of furan rings is 1. The van der Waals surface area contributed by atoms with Gasteiger partial charge < -0.3 is 4.42 Å². The molecule has 0 bridgehead atoms. The number of hydrogen-bond donors (Lipinski definition) is 0. The second-order valence-corrected chi connectivity index (χ2v) is 6.23. The second kappa shape index (κ2) is 6.04. The smallest absolute Gasteiger partial charge is 0.109 e. The summed E-state index contributed by atoms with van der Waals surface area (Å²) in [5, 5.41) is 0. The highest BCUT2D eigenvalue weighted by molar-refractivity contribution is 5.75. The molecule has 2 heteroatoms. The predicted octanol–water partition coefficient (Wildman–Crippen LogP) is 4.25. The van der Waals surface area contributed by atoms with Crippen molar-refractivity contribution in [1.29, 1.82) is 0 Å². The third-order valence-corrected chi connectivity index (χ3v) is 1.26. The number of rotatable bonds is 0. The fourth-order valence-electron chi connectivity index (χ4n) is 0.705. The van der Waals surface area contributed by atoms with Crippen molar-refractivity contribution in [2.24, 2.45) is 5.41 Å². The Morgan fingerprint density at radius 1 is 0.933 bits per heavy atom. The third kappa shape index (κ3) is 11.3. The largest absolute Gasteiger partial charge is 0.469 e. The minimum atomic E-state index is 0. The van der Waals surface area contributed by atoms with Crippen molar-refractivity contribution in [2.75, 3.05) is 0 Å². The molecule has 0 aliphatic rings. The molecule has 0 saturated heterocycles. The van der Waals surface area contributed by atoms with Gasteiger partial charge >= 0.3 is 0 Å². The van der Waals surface area contributed by atoms with Crippen LogP contribution in [0.25, 0.3) is 0 Å². The van der Waals surface area contributed by atoms with Crippen molar-refractivity contribution in [3.63, 3.8) is 0 Å². The molecule has 1 rings (SSSR count). The topological polar surface area (TPSA) is 13.1 Å². The minimum absolute atomic E-state index is 0. The van der Waals surface area contributed by atoms with Crippen LogP contribution in [0.1, 0.15) is 54.2 Å². The highest BCUT2D eigenvalue weighted by Gasteiger charge is 2.15. The van der Waals surface area contributed by atoms with E-state index in [0.29, 0.717) is 5.41 Å². The molecule has 0 aromatic carbocycles. The molecule has 1 heterocycles. The summed E-state index contributed by atoms with van der Waals surface area (Å²) in [6.45, 7) is 15.1. The third-order valence-electron chi connectivity index (χ3n) is 1.26. The molecule has 1 aromatic rings. The maximum atomic E-state index is 5.20. The van der Waals surface area contributed by atoms with E-state index in [2.05, 4.69) is 48.5 Å². The molecule has 0 fully saturated rings. The van der Waals surface area contributed by atoms with E-state index in [1.807, 2.05) is 12.1 Å². The lowest BCUT2D eigenvalue weighted by molar-refractivity contribution is 0.409. The first kappa shape index (κ1) is 16.8. The zero-order valence-electron chi connectivity index (χ0n) is 11.2. The zero-order chi connectivity index (χ0) is 11.4. The summed E-state index contributed by atoms with van der Waals surface area (Å²) in [4.78, 5) is 0. The lowest BCUT2D eigenvalue weighted by Gasteiger charge is -2.13. The molecule has 0 saturated carbocycles. The van der Waals surface area contributed by atoms with Gasteiger partial charge in [-0.1, -0.05) is 48.5 Å². The summed E-state index contributed by atoms with van der Waals surface area (Å²) in [6.07, 6.45) is 1.71. The fourth-order valence-corrected chi connectivity index (χ4v) is 0.705.